The van der Waals surface area contributed by atoms with E-state index >= 15 is 0 Å². The maximum absolute atomic E-state index is 12.5. The molecule has 1 atom stereocenters. The van der Waals surface area contributed by atoms with Gasteiger partial charge in [0.25, 0.3) is 5.91 Å². The number of halogens is 1. The highest BCUT2D eigenvalue weighted by Crippen LogP contribution is 2.33. The van der Waals surface area contributed by atoms with Crippen molar-refractivity contribution in [1.29, 1.82) is 0 Å². The number of nitrogens with one attached hydrogen (secondary N) is 1. The van der Waals surface area contributed by atoms with Crippen LogP contribution in [0.3, 0.4) is 0 Å². The second-order valence-electron chi connectivity index (χ2n) is 5.90. The summed E-state index contributed by atoms with van der Waals surface area (Å²) in [5.74, 6) is 0.981. The van der Waals surface area contributed by atoms with Crippen molar-refractivity contribution in [3.05, 3.63) is 59.2 Å². The van der Waals surface area contributed by atoms with Crippen molar-refractivity contribution in [2.45, 2.75) is 25.9 Å². The minimum atomic E-state index is -0.173. The van der Waals surface area contributed by atoms with Crippen LogP contribution in [0.5, 0.6) is 11.5 Å². The fourth-order valence-electron chi connectivity index (χ4n) is 2.59. The van der Waals surface area contributed by atoms with Crippen LogP contribution in [0.4, 0.5) is 0 Å². The van der Waals surface area contributed by atoms with Crippen molar-refractivity contribution < 1.29 is 14.3 Å². The van der Waals surface area contributed by atoms with Gasteiger partial charge in [0.2, 0.25) is 0 Å². The first kappa shape index (κ1) is 19.1. The van der Waals surface area contributed by atoms with Gasteiger partial charge < -0.3 is 20.5 Å². The van der Waals surface area contributed by atoms with Crippen LogP contribution < -0.4 is 20.5 Å². The Kier molecular flexibility index (Phi) is 6.67. The Morgan fingerprint density at radius 2 is 1.88 bits per heavy atom. The second-order valence-corrected chi connectivity index (χ2v) is 5.90. The minimum absolute atomic E-state index is 0. The summed E-state index contributed by atoms with van der Waals surface area (Å²) in [5.41, 5.74) is 8.44. The Balaban J connectivity index is 0.00000225. The molecular weight excluding hydrogens is 340 g/mol. The van der Waals surface area contributed by atoms with E-state index in [4.69, 9.17) is 15.2 Å². The lowest BCUT2D eigenvalue weighted by Gasteiger charge is -2.13. The van der Waals surface area contributed by atoms with E-state index < -0.39 is 0 Å². The monoisotopic (exact) mass is 362 g/mol. The fourth-order valence-corrected chi connectivity index (χ4v) is 2.59. The maximum atomic E-state index is 12.5. The van der Waals surface area contributed by atoms with Crippen molar-refractivity contribution in [2.75, 3.05) is 13.2 Å². The molecular formula is C19H23ClN2O3. The summed E-state index contributed by atoms with van der Waals surface area (Å²) in [4.78, 5) is 12.5. The van der Waals surface area contributed by atoms with Gasteiger partial charge in [-0.05, 0) is 30.2 Å². The summed E-state index contributed by atoms with van der Waals surface area (Å²) in [5, 5.41) is 2.93. The zero-order valence-corrected chi connectivity index (χ0v) is 15.0. The van der Waals surface area contributed by atoms with Gasteiger partial charge in [-0.3, -0.25) is 4.79 Å². The van der Waals surface area contributed by atoms with Crippen LogP contribution in [0, 0.1) is 0 Å². The summed E-state index contributed by atoms with van der Waals surface area (Å²) in [6, 6.07) is 13.3. The van der Waals surface area contributed by atoms with E-state index in [1.54, 1.807) is 12.1 Å². The van der Waals surface area contributed by atoms with Crippen LogP contribution in [0.25, 0.3) is 0 Å². The van der Waals surface area contributed by atoms with Gasteiger partial charge in [-0.25, -0.2) is 0 Å². The zero-order valence-electron chi connectivity index (χ0n) is 14.2. The van der Waals surface area contributed by atoms with Crippen LogP contribution in [-0.4, -0.2) is 19.1 Å². The first-order valence-corrected chi connectivity index (χ1v) is 8.16. The number of fused-ring (bicyclic) bond motifs is 1. The number of hydrogen-bond donors (Lipinski definition) is 2. The van der Waals surface area contributed by atoms with Crippen LogP contribution in [-0.2, 0) is 6.54 Å². The lowest BCUT2D eigenvalue weighted by molar-refractivity contribution is 0.0946. The lowest BCUT2D eigenvalue weighted by atomic mass is 10.1. The molecule has 1 aliphatic rings. The Morgan fingerprint density at radius 1 is 1.16 bits per heavy atom. The van der Waals surface area contributed by atoms with Crippen LogP contribution in [0.2, 0.25) is 0 Å². The second kappa shape index (κ2) is 8.74. The third kappa shape index (κ3) is 4.65. The topological polar surface area (TPSA) is 73.6 Å². The van der Waals surface area contributed by atoms with Crippen LogP contribution >= 0.6 is 12.4 Å². The molecule has 0 radical (unpaired) electrons. The van der Waals surface area contributed by atoms with E-state index in [9.17, 15) is 4.79 Å². The SMILES string of the molecule is CC(N)c1ccc(CNC(=O)c2cccc3c2OCCCO3)cc1.Cl. The molecule has 0 bridgehead atoms. The van der Waals surface area contributed by atoms with Crippen LogP contribution in [0.1, 0.15) is 40.9 Å². The van der Waals surface area contributed by atoms with E-state index in [0.29, 0.717) is 36.8 Å². The number of carbonyl (C=O) groups excluding carboxylic acids is 1. The van der Waals surface area contributed by atoms with Gasteiger partial charge >= 0.3 is 0 Å². The maximum Gasteiger partial charge on any atom is 0.255 e. The van der Waals surface area contributed by atoms with E-state index in [0.717, 1.165) is 17.5 Å². The predicted octanol–water partition coefficient (Wildman–Crippen LogP) is 3.22. The van der Waals surface area contributed by atoms with Gasteiger partial charge in [0.05, 0.1) is 18.8 Å². The number of ether oxygens (including phenoxy) is 2. The average molecular weight is 363 g/mol. The lowest BCUT2D eigenvalue weighted by Crippen LogP contribution is -2.23. The molecule has 2 aromatic rings. The van der Waals surface area contributed by atoms with E-state index in [2.05, 4.69) is 5.32 Å². The van der Waals surface area contributed by atoms with Gasteiger partial charge in [0.1, 0.15) is 0 Å². The summed E-state index contributed by atoms with van der Waals surface area (Å²) < 4.78 is 11.3. The van der Waals surface area contributed by atoms with Gasteiger partial charge in [0.15, 0.2) is 11.5 Å². The number of hydrogen-bond acceptors (Lipinski definition) is 4. The zero-order chi connectivity index (χ0) is 16.9. The normalized spacial score (nSPS) is 14.0. The Morgan fingerprint density at radius 3 is 2.60 bits per heavy atom. The Labute approximate surface area is 153 Å². The molecule has 1 aliphatic heterocycles. The molecule has 3 N–H and O–H groups in total. The first-order chi connectivity index (χ1) is 11.6. The summed E-state index contributed by atoms with van der Waals surface area (Å²) in [6.07, 6.45) is 0.807. The number of rotatable bonds is 4. The highest BCUT2D eigenvalue weighted by atomic mass is 35.5. The van der Waals surface area contributed by atoms with Crippen molar-refractivity contribution >= 4 is 18.3 Å². The molecule has 1 heterocycles. The Hall–Kier alpha value is -2.24. The highest BCUT2D eigenvalue weighted by molar-refractivity contribution is 5.97. The van der Waals surface area contributed by atoms with Crippen molar-refractivity contribution in [1.82, 2.24) is 5.32 Å². The van der Waals surface area contributed by atoms with E-state index in [1.807, 2.05) is 37.3 Å². The molecule has 2 aromatic carbocycles. The average Bonchev–Trinajstić information content (AvgIpc) is 2.85. The van der Waals surface area contributed by atoms with Crippen molar-refractivity contribution in [3.63, 3.8) is 0 Å². The molecule has 25 heavy (non-hydrogen) atoms. The minimum Gasteiger partial charge on any atom is -0.490 e. The molecule has 0 aromatic heterocycles. The van der Waals surface area contributed by atoms with Gasteiger partial charge in [-0.1, -0.05) is 30.3 Å². The van der Waals surface area contributed by atoms with Gasteiger partial charge in [-0.2, -0.15) is 0 Å². The summed E-state index contributed by atoms with van der Waals surface area (Å²) >= 11 is 0. The quantitative estimate of drug-likeness (QED) is 0.875. The molecule has 5 nitrogen and oxygen atoms in total. The van der Waals surface area contributed by atoms with Gasteiger partial charge in [0, 0.05) is 19.0 Å². The summed E-state index contributed by atoms with van der Waals surface area (Å²) in [7, 11) is 0. The molecule has 0 spiro atoms. The number of nitrogens with two attached hydrogens (primary N) is 1. The number of benzene rings is 2. The number of para-hydroxylation sites is 1. The number of amides is 1. The summed E-state index contributed by atoms with van der Waals surface area (Å²) in [6.45, 7) is 3.54. The first-order valence-electron chi connectivity index (χ1n) is 8.16. The molecule has 0 fully saturated rings. The van der Waals surface area contributed by atoms with Gasteiger partial charge in [-0.15, -0.1) is 12.4 Å². The van der Waals surface area contributed by atoms with E-state index in [-0.39, 0.29) is 24.4 Å². The molecule has 1 amide bonds. The third-order valence-electron chi connectivity index (χ3n) is 3.97. The van der Waals surface area contributed by atoms with Crippen LogP contribution in [0.15, 0.2) is 42.5 Å². The number of carbonyl (C=O) groups is 1. The van der Waals surface area contributed by atoms with E-state index in [1.165, 1.54) is 0 Å². The Bertz CT molecular complexity index is 717. The molecule has 3 rings (SSSR count). The van der Waals surface area contributed by atoms with Crippen molar-refractivity contribution in [3.8, 4) is 11.5 Å². The molecule has 134 valence electrons. The molecule has 0 aliphatic carbocycles. The smallest absolute Gasteiger partial charge is 0.255 e. The fraction of sp³-hybridized carbons (Fsp3) is 0.316. The molecule has 0 saturated carbocycles. The van der Waals surface area contributed by atoms with Crippen molar-refractivity contribution in [2.24, 2.45) is 5.73 Å². The largest absolute Gasteiger partial charge is 0.490 e. The molecule has 6 heteroatoms. The molecule has 1 unspecified atom stereocenters. The third-order valence-corrected chi connectivity index (χ3v) is 3.97. The predicted molar refractivity (Wildman–Crippen MR) is 99.5 cm³/mol. The standard InChI is InChI=1S/C19H22N2O3.ClH/c1-13(20)15-8-6-14(7-9-15)12-21-19(22)16-4-2-5-17-18(16)24-11-3-10-23-17;/h2,4-9,13H,3,10-12,20H2,1H3,(H,21,22);1H. The highest BCUT2D eigenvalue weighted by Gasteiger charge is 2.19. The molecule has 0 saturated heterocycles.